The molecule has 1 unspecified atom stereocenters. The van der Waals surface area contributed by atoms with E-state index in [-0.39, 0.29) is 24.4 Å². The number of ether oxygens (including phenoxy) is 1. The fraction of sp³-hybridized carbons (Fsp3) is 0.947. The molecule has 0 aromatic rings. The van der Waals surface area contributed by atoms with Gasteiger partial charge < -0.3 is 15.0 Å². The predicted molar refractivity (Wildman–Crippen MR) is 99.6 cm³/mol. The third-order valence-electron chi connectivity index (χ3n) is 5.75. The zero-order valence-electron chi connectivity index (χ0n) is 15.2. The number of carbonyl (C=O) groups is 1. The Hall–Kier alpha value is -0.320. The molecule has 0 aromatic carbocycles. The molecule has 1 heterocycles. The molecule has 0 aromatic heterocycles. The van der Waals surface area contributed by atoms with Crippen LogP contribution in [0.1, 0.15) is 71.1 Å². The Morgan fingerprint density at radius 2 is 1.75 bits per heavy atom. The Bertz CT molecular complexity index is 376. The Morgan fingerprint density at radius 3 is 2.33 bits per heavy atom. The van der Waals surface area contributed by atoms with Crippen LogP contribution in [0.4, 0.5) is 0 Å². The van der Waals surface area contributed by atoms with Gasteiger partial charge in [-0.3, -0.25) is 4.79 Å². The third kappa shape index (κ3) is 5.89. The van der Waals surface area contributed by atoms with Gasteiger partial charge in [0.25, 0.3) is 5.91 Å². The van der Waals surface area contributed by atoms with Crippen molar-refractivity contribution in [2.24, 2.45) is 5.92 Å². The molecule has 140 valence electrons. The minimum atomic E-state index is -0.214. The Balaban J connectivity index is 0.00000208. The number of nitrogens with one attached hydrogen (secondary N) is 1. The molecule has 1 amide bonds. The predicted octanol–water partition coefficient (Wildman–Crippen LogP) is 3.53. The van der Waals surface area contributed by atoms with Gasteiger partial charge in [-0.25, -0.2) is 0 Å². The zero-order chi connectivity index (χ0) is 16.1. The number of carbonyl (C=O) groups excluding carboxylic acids is 1. The molecule has 1 atom stereocenters. The highest BCUT2D eigenvalue weighted by molar-refractivity contribution is 5.85. The minimum Gasteiger partial charge on any atom is -0.365 e. The van der Waals surface area contributed by atoms with E-state index in [1.165, 1.54) is 38.6 Å². The van der Waals surface area contributed by atoms with Gasteiger partial charge in [0.1, 0.15) is 6.10 Å². The Labute approximate surface area is 153 Å². The molecular weight excluding hydrogens is 324 g/mol. The molecule has 3 aliphatic rings. The van der Waals surface area contributed by atoms with Crippen LogP contribution in [0, 0.1) is 5.92 Å². The van der Waals surface area contributed by atoms with Crippen molar-refractivity contribution in [2.45, 2.75) is 89.4 Å². The molecule has 3 rings (SSSR count). The van der Waals surface area contributed by atoms with Crippen LogP contribution in [0.2, 0.25) is 0 Å². The molecule has 0 radical (unpaired) electrons. The van der Waals surface area contributed by atoms with E-state index in [0.29, 0.717) is 12.1 Å². The van der Waals surface area contributed by atoms with Crippen molar-refractivity contribution in [3.05, 3.63) is 0 Å². The lowest BCUT2D eigenvalue weighted by Crippen LogP contribution is -2.49. The number of piperidine rings is 1. The number of hydrogen-bond acceptors (Lipinski definition) is 3. The fourth-order valence-electron chi connectivity index (χ4n) is 3.93. The van der Waals surface area contributed by atoms with Gasteiger partial charge >= 0.3 is 0 Å². The van der Waals surface area contributed by atoms with Gasteiger partial charge in [-0.2, -0.15) is 0 Å². The Morgan fingerprint density at radius 1 is 1.08 bits per heavy atom. The second-order valence-corrected chi connectivity index (χ2v) is 7.74. The van der Waals surface area contributed by atoms with E-state index < -0.39 is 0 Å². The molecule has 1 aliphatic heterocycles. The normalized spacial score (nSPS) is 24.5. The third-order valence-corrected chi connectivity index (χ3v) is 5.75. The molecule has 1 N–H and O–H groups in total. The highest BCUT2D eigenvalue weighted by atomic mass is 35.5. The quantitative estimate of drug-likeness (QED) is 0.757. The first-order valence-corrected chi connectivity index (χ1v) is 9.94. The summed E-state index contributed by atoms with van der Waals surface area (Å²) in [5.74, 6) is 1.17. The Kier molecular flexibility index (Phi) is 8.32. The lowest BCUT2D eigenvalue weighted by atomic mass is 9.97. The summed E-state index contributed by atoms with van der Waals surface area (Å²) >= 11 is 0. The lowest BCUT2D eigenvalue weighted by molar-refractivity contribution is -0.150. The minimum absolute atomic E-state index is 0. The van der Waals surface area contributed by atoms with Crippen LogP contribution in [0.3, 0.4) is 0 Å². The van der Waals surface area contributed by atoms with Crippen LogP contribution in [-0.2, 0) is 9.53 Å². The second-order valence-electron chi connectivity index (χ2n) is 7.74. The van der Waals surface area contributed by atoms with Crippen LogP contribution >= 0.6 is 12.4 Å². The maximum Gasteiger partial charge on any atom is 0.251 e. The van der Waals surface area contributed by atoms with Crippen LogP contribution in [0.5, 0.6) is 0 Å². The van der Waals surface area contributed by atoms with Gasteiger partial charge in [-0.05, 0) is 57.4 Å². The van der Waals surface area contributed by atoms with Crippen molar-refractivity contribution in [3.8, 4) is 0 Å². The van der Waals surface area contributed by atoms with Crippen LogP contribution in [0.15, 0.2) is 0 Å². The maximum atomic E-state index is 12.8. The molecular formula is C19H35ClN2O2. The van der Waals surface area contributed by atoms with Crippen molar-refractivity contribution >= 4 is 18.3 Å². The average molecular weight is 359 g/mol. The molecule has 0 bridgehead atoms. The number of hydrogen-bond donors (Lipinski definition) is 1. The SMILES string of the molecule is CCC(OC1CCCCC1)C(=O)N1CCC(NCC2CC2)CC1.Cl. The van der Waals surface area contributed by atoms with E-state index in [1.807, 2.05) is 4.90 Å². The van der Waals surface area contributed by atoms with E-state index in [4.69, 9.17) is 4.74 Å². The summed E-state index contributed by atoms with van der Waals surface area (Å²) in [6.07, 6.45) is 12.0. The molecule has 2 saturated carbocycles. The number of halogens is 1. The molecule has 24 heavy (non-hydrogen) atoms. The summed E-state index contributed by atoms with van der Waals surface area (Å²) in [4.78, 5) is 14.8. The highest BCUT2D eigenvalue weighted by Gasteiger charge is 2.30. The zero-order valence-corrected chi connectivity index (χ0v) is 16.0. The molecule has 0 spiro atoms. The maximum absolute atomic E-state index is 12.8. The first kappa shape index (κ1) is 20.0. The summed E-state index contributed by atoms with van der Waals surface area (Å²) in [6, 6.07) is 0.610. The van der Waals surface area contributed by atoms with Gasteiger partial charge in [-0.15, -0.1) is 12.4 Å². The van der Waals surface area contributed by atoms with Gasteiger partial charge in [-0.1, -0.05) is 26.2 Å². The smallest absolute Gasteiger partial charge is 0.251 e. The average Bonchev–Trinajstić information content (AvgIpc) is 3.43. The van der Waals surface area contributed by atoms with Gasteiger partial charge in [0, 0.05) is 19.1 Å². The first-order valence-electron chi connectivity index (χ1n) is 9.94. The van der Waals surface area contributed by atoms with Crippen molar-refractivity contribution in [1.82, 2.24) is 10.2 Å². The van der Waals surface area contributed by atoms with E-state index in [1.54, 1.807) is 0 Å². The van der Waals surface area contributed by atoms with Gasteiger partial charge in [0.15, 0.2) is 0 Å². The van der Waals surface area contributed by atoms with Gasteiger partial charge in [0.05, 0.1) is 6.10 Å². The molecule has 2 aliphatic carbocycles. The number of amides is 1. The number of rotatable bonds is 7. The van der Waals surface area contributed by atoms with Crippen molar-refractivity contribution in [2.75, 3.05) is 19.6 Å². The highest BCUT2D eigenvalue weighted by Crippen LogP contribution is 2.28. The van der Waals surface area contributed by atoms with Crippen molar-refractivity contribution in [3.63, 3.8) is 0 Å². The standard InChI is InChI=1S/C19H34N2O2.ClH/c1-2-18(23-17-6-4-3-5-7-17)19(22)21-12-10-16(11-13-21)20-14-15-8-9-15;/h15-18,20H,2-14H2,1H3;1H. The van der Waals surface area contributed by atoms with Crippen LogP contribution in [0.25, 0.3) is 0 Å². The van der Waals surface area contributed by atoms with E-state index in [9.17, 15) is 4.79 Å². The molecule has 3 fully saturated rings. The summed E-state index contributed by atoms with van der Waals surface area (Å²) < 4.78 is 6.16. The first-order chi connectivity index (χ1) is 11.3. The van der Waals surface area contributed by atoms with Crippen molar-refractivity contribution < 1.29 is 9.53 Å². The molecule has 5 heteroatoms. The molecule has 1 saturated heterocycles. The summed E-state index contributed by atoms with van der Waals surface area (Å²) in [5.41, 5.74) is 0. The fourth-order valence-corrected chi connectivity index (χ4v) is 3.93. The largest absolute Gasteiger partial charge is 0.365 e. The second kappa shape index (κ2) is 9.98. The van der Waals surface area contributed by atoms with E-state index in [0.717, 1.165) is 51.1 Å². The summed E-state index contributed by atoms with van der Waals surface area (Å²) in [6.45, 7) is 5.05. The molecule has 4 nitrogen and oxygen atoms in total. The summed E-state index contributed by atoms with van der Waals surface area (Å²) in [7, 11) is 0. The summed E-state index contributed by atoms with van der Waals surface area (Å²) in [5, 5.41) is 3.68. The van der Waals surface area contributed by atoms with Crippen molar-refractivity contribution in [1.29, 1.82) is 0 Å². The van der Waals surface area contributed by atoms with E-state index in [2.05, 4.69) is 12.2 Å². The van der Waals surface area contributed by atoms with E-state index >= 15 is 0 Å². The topological polar surface area (TPSA) is 41.6 Å². The van der Waals surface area contributed by atoms with Crippen LogP contribution in [-0.4, -0.2) is 48.7 Å². The monoisotopic (exact) mass is 358 g/mol. The van der Waals surface area contributed by atoms with Crippen LogP contribution < -0.4 is 5.32 Å². The number of nitrogens with zero attached hydrogens (tertiary/aromatic N) is 1. The lowest BCUT2D eigenvalue weighted by Gasteiger charge is -2.35. The number of likely N-dealkylation sites (tertiary alicyclic amines) is 1. The van der Waals surface area contributed by atoms with Gasteiger partial charge in [0.2, 0.25) is 0 Å².